The number of carbonyl (C=O) groups is 1. The van der Waals surface area contributed by atoms with Crippen LogP contribution >= 0.6 is 0 Å². The van der Waals surface area contributed by atoms with Gasteiger partial charge in [0.05, 0.1) is 12.3 Å². The molecular formula is C12H20N2O2. The van der Waals surface area contributed by atoms with Crippen LogP contribution in [0.4, 0.5) is 0 Å². The maximum absolute atomic E-state index is 11.7. The summed E-state index contributed by atoms with van der Waals surface area (Å²) < 4.78 is 5.16. The van der Waals surface area contributed by atoms with Crippen molar-refractivity contribution >= 4 is 5.91 Å². The van der Waals surface area contributed by atoms with Crippen LogP contribution in [0.2, 0.25) is 0 Å². The minimum absolute atomic E-state index is 0.112. The molecule has 0 saturated carbocycles. The minimum Gasteiger partial charge on any atom is -0.469 e. The monoisotopic (exact) mass is 224 g/mol. The molecule has 1 aromatic heterocycles. The molecule has 0 radical (unpaired) electrons. The first kappa shape index (κ1) is 12.8. The Bertz CT molecular complexity index is 325. The van der Waals surface area contributed by atoms with Crippen molar-refractivity contribution in [2.45, 2.75) is 33.2 Å². The number of furan rings is 1. The molecular weight excluding hydrogens is 204 g/mol. The quantitative estimate of drug-likeness (QED) is 0.810. The minimum atomic E-state index is -0.482. The molecule has 90 valence electrons. The lowest BCUT2D eigenvalue weighted by atomic mass is 9.87. The molecule has 1 atom stereocenters. The Hall–Kier alpha value is -1.29. The summed E-state index contributed by atoms with van der Waals surface area (Å²) in [4.78, 5) is 11.7. The molecule has 4 heteroatoms. The summed E-state index contributed by atoms with van der Waals surface area (Å²) in [6.45, 7) is 6.40. The fourth-order valence-electron chi connectivity index (χ4n) is 1.27. The number of hydrogen-bond donors (Lipinski definition) is 2. The molecule has 0 aliphatic carbocycles. The van der Waals surface area contributed by atoms with E-state index in [0.717, 1.165) is 5.76 Å². The molecule has 0 aliphatic heterocycles. The highest BCUT2D eigenvalue weighted by Crippen LogP contribution is 2.17. The van der Waals surface area contributed by atoms with Gasteiger partial charge in [0, 0.05) is 13.0 Å². The van der Waals surface area contributed by atoms with Crippen LogP contribution in [0, 0.1) is 5.41 Å². The molecule has 1 rings (SSSR count). The Morgan fingerprint density at radius 1 is 1.56 bits per heavy atom. The fraction of sp³-hybridized carbons (Fsp3) is 0.583. The van der Waals surface area contributed by atoms with Gasteiger partial charge >= 0.3 is 0 Å². The van der Waals surface area contributed by atoms with Crippen molar-refractivity contribution in [3.05, 3.63) is 24.2 Å². The predicted molar refractivity (Wildman–Crippen MR) is 62.9 cm³/mol. The van der Waals surface area contributed by atoms with Gasteiger partial charge in [-0.15, -0.1) is 0 Å². The Morgan fingerprint density at radius 3 is 2.75 bits per heavy atom. The van der Waals surface area contributed by atoms with Gasteiger partial charge in [-0.3, -0.25) is 4.79 Å². The van der Waals surface area contributed by atoms with Gasteiger partial charge in [0.25, 0.3) is 0 Å². The molecule has 3 N–H and O–H groups in total. The third kappa shape index (κ3) is 3.70. The van der Waals surface area contributed by atoms with Gasteiger partial charge in [0.1, 0.15) is 5.76 Å². The molecule has 0 bridgehead atoms. The molecule has 0 spiro atoms. The number of nitrogens with one attached hydrogen (secondary N) is 1. The van der Waals surface area contributed by atoms with E-state index in [4.69, 9.17) is 10.2 Å². The van der Waals surface area contributed by atoms with Gasteiger partial charge in [0.15, 0.2) is 0 Å². The Kier molecular flexibility index (Phi) is 4.12. The fourth-order valence-corrected chi connectivity index (χ4v) is 1.27. The van der Waals surface area contributed by atoms with Crippen LogP contribution < -0.4 is 11.1 Å². The highest BCUT2D eigenvalue weighted by Gasteiger charge is 2.26. The second kappa shape index (κ2) is 5.16. The Morgan fingerprint density at radius 2 is 2.25 bits per heavy atom. The molecule has 0 unspecified atom stereocenters. The van der Waals surface area contributed by atoms with Gasteiger partial charge in [-0.25, -0.2) is 0 Å². The largest absolute Gasteiger partial charge is 0.469 e. The normalized spacial score (nSPS) is 13.5. The molecule has 16 heavy (non-hydrogen) atoms. The zero-order valence-electron chi connectivity index (χ0n) is 10.1. The standard InChI is InChI=1S/C12H20N2O2/c1-12(2,3)10(13)11(15)14-7-6-9-5-4-8-16-9/h4-5,8,10H,6-7,13H2,1-3H3,(H,14,15)/t10-/m1/s1. The highest BCUT2D eigenvalue weighted by atomic mass is 16.3. The lowest BCUT2D eigenvalue weighted by molar-refractivity contribution is -0.124. The van der Waals surface area contributed by atoms with Crippen LogP contribution in [-0.2, 0) is 11.2 Å². The van der Waals surface area contributed by atoms with E-state index in [2.05, 4.69) is 5.32 Å². The summed E-state index contributed by atoms with van der Waals surface area (Å²) in [5, 5.41) is 2.80. The van der Waals surface area contributed by atoms with Crippen LogP contribution in [0.15, 0.2) is 22.8 Å². The number of carbonyl (C=O) groups excluding carboxylic acids is 1. The SMILES string of the molecule is CC(C)(C)[C@H](N)C(=O)NCCc1ccco1. The first-order chi connectivity index (χ1) is 7.41. The maximum Gasteiger partial charge on any atom is 0.237 e. The lowest BCUT2D eigenvalue weighted by Crippen LogP contribution is -2.48. The Balaban J connectivity index is 2.30. The first-order valence-electron chi connectivity index (χ1n) is 5.47. The second-order valence-electron chi connectivity index (χ2n) is 4.96. The molecule has 0 saturated heterocycles. The van der Waals surface area contributed by atoms with E-state index in [1.54, 1.807) is 6.26 Å². The topological polar surface area (TPSA) is 68.3 Å². The summed E-state index contributed by atoms with van der Waals surface area (Å²) in [6, 6.07) is 3.23. The first-order valence-corrected chi connectivity index (χ1v) is 5.47. The summed E-state index contributed by atoms with van der Waals surface area (Å²) in [5.74, 6) is 0.753. The summed E-state index contributed by atoms with van der Waals surface area (Å²) >= 11 is 0. The van der Waals surface area contributed by atoms with E-state index in [-0.39, 0.29) is 11.3 Å². The summed E-state index contributed by atoms with van der Waals surface area (Å²) in [5.41, 5.74) is 5.60. The van der Waals surface area contributed by atoms with Crippen molar-refractivity contribution in [1.29, 1.82) is 0 Å². The molecule has 0 aromatic carbocycles. The maximum atomic E-state index is 11.7. The highest BCUT2D eigenvalue weighted by molar-refractivity contribution is 5.82. The molecule has 1 aromatic rings. The zero-order chi connectivity index (χ0) is 12.2. The average molecular weight is 224 g/mol. The third-order valence-electron chi connectivity index (χ3n) is 2.47. The van der Waals surface area contributed by atoms with Crippen LogP contribution in [-0.4, -0.2) is 18.5 Å². The van der Waals surface area contributed by atoms with Crippen molar-refractivity contribution in [2.75, 3.05) is 6.54 Å². The summed E-state index contributed by atoms with van der Waals surface area (Å²) in [7, 11) is 0. The van der Waals surface area contributed by atoms with Crippen molar-refractivity contribution in [3.8, 4) is 0 Å². The van der Waals surface area contributed by atoms with E-state index < -0.39 is 6.04 Å². The van der Waals surface area contributed by atoms with Gasteiger partial charge < -0.3 is 15.5 Å². The number of hydrogen-bond acceptors (Lipinski definition) is 3. The number of rotatable bonds is 4. The number of nitrogens with two attached hydrogens (primary N) is 1. The average Bonchev–Trinajstić information content (AvgIpc) is 2.67. The van der Waals surface area contributed by atoms with E-state index in [0.29, 0.717) is 13.0 Å². The van der Waals surface area contributed by atoms with Crippen LogP contribution in [0.3, 0.4) is 0 Å². The van der Waals surface area contributed by atoms with Gasteiger partial charge in [-0.05, 0) is 17.5 Å². The van der Waals surface area contributed by atoms with Crippen LogP contribution in [0.5, 0.6) is 0 Å². The predicted octanol–water partition coefficient (Wildman–Crippen LogP) is 1.31. The van der Waals surface area contributed by atoms with Crippen molar-refractivity contribution in [1.82, 2.24) is 5.32 Å². The van der Waals surface area contributed by atoms with Crippen molar-refractivity contribution < 1.29 is 9.21 Å². The molecule has 1 heterocycles. The van der Waals surface area contributed by atoms with Crippen LogP contribution in [0.25, 0.3) is 0 Å². The van der Waals surface area contributed by atoms with E-state index >= 15 is 0 Å². The third-order valence-corrected chi connectivity index (χ3v) is 2.47. The van der Waals surface area contributed by atoms with Crippen molar-refractivity contribution in [3.63, 3.8) is 0 Å². The molecule has 4 nitrogen and oxygen atoms in total. The van der Waals surface area contributed by atoms with E-state index in [1.165, 1.54) is 0 Å². The van der Waals surface area contributed by atoms with Gasteiger partial charge in [-0.2, -0.15) is 0 Å². The zero-order valence-corrected chi connectivity index (χ0v) is 10.1. The lowest BCUT2D eigenvalue weighted by Gasteiger charge is -2.25. The molecule has 0 aliphatic rings. The smallest absolute Gasteiger partial charge is 0.237 e. The van der Waals surface area contributed by atoms with Gasteiger partial charge in [-0.1, -0.05) is 20.8 Å². The van der Waals surface area contributed by atoms with E-state index in [1.807, 2.05) is 32.9 Å². The van der Waals surface area contributed by atoms with Gasteiger partial charge in [0.2, 0.25) is 5.91 Å². The van der Waals surface area contributed by atoms with Crippen molar-refractivity contribution in [2.24, 2.45) is 11.1 Å². The second-order valence-corrected chi connectivity index (χ2v) is 4.96. The summed E-state index contributed by atoms with van der Waals surface area (Å²) in [6.07, 6.45) is 2.31. The molecule has 0 fully saturated rings. The number of amides is 1. The van der Waals surface area contributed by atoms with Crippen LogP contribution in [0.1, 0.15) is 26.5 Å². The van der Waals surface area contributed by atoms with E-state index in [9.17, 15) is 4.79 Å². The molecule has 1 amide bonds. The Labute approximate surface area is 96.2 Å².